The molecule has 0 saturated carbocycles. The Labute approximate surface area is 268 Å². The Kier molecular flexibility index (Phi) is 19.7. The average Bonchev–Trinajstić information content (AvgIpc) is 2.96. The van der Waals surface area contributed by atoms with Crippen LogP contribution in [0.2, 0.25) is 0 Å². The van der Waals surface area contributed by atoms with Gasteiger partial charge in [-0.2, -0.15) is 0 Å². The van der Waals surface area contributed by atoms with Crippen molar-refractivity contribution < 1.29 is 33.9 Å². The lowest BCUT2D eigenvalue weighted by Crippen LogP contribution is -2.55. The van der Waals surface area contributed by atoms with E-state index in [1.54, 1.807) is 27.7 Å². The number of aliphatic imine (C=N–C) groups is 2. The summed E-state index contributed by atoms with van der Waals surface area (Å²) in [5.41, 5.74) is 27.2. The molecule has 0 saturated heterocycles. The summed E-state index contributed by atoms with van der Waals surface area (Å²) < 4.78 is 0. The predicted molar refractivity (Wildman–Crippen MR) is 172 cm³/mol. The van der Waals surface area contributed by atoms with Gasteiger partial charge in [0.15, 0.2) is 11.9 Å². The summed E-state index contributed by atoms with van der Waals surface area (Å²) in [5, 5.41) is 21.6. The van der Waals surface area contributed by atoms with Gasteiger partial charge in [0.05, 0.1) is 19.1 Å². The van der Waals surface area contributed by atoms with Crippen molar-refractivity contribution in [1.82, 2.24) is 26.6 Å². The van der Waals surface area contributed by atoms with Crippen molar-refractivity contribution in [2.24, 2.45) is 50.5 Å². The highest BCUT2D eigenvalue weighted by Crippen LogP contribution is 2.05. The Morgan fingerprint density at radius 2 is 1.07 bits per heavy atom. The van der Waals surface area contributed by atoms with Crippen molar-refractivity contribution in [2.75, 3.05) is 26.2 Å². The highest BCUT2D eigenvalue weighted by Gasteiger charge is 2.27. The molecule has 0 spiro atoms. The Bertz CT molecular complexity index is 1090. The van der Waals surface area contributed by atoms with Crippen LogP contribution in [-0.4, -0.2) is 103 Å². The quantitative estimate of drug-likeness (QED) is 0.0301. The van der Waals surface area contributed by atoms with Crippen molar-refractivity contribution in [3.8, 4) is 0 Å². The number of nitrogens with two attached hydrogens (primary N) is 5. The van der Waals surface area contributed by atoms with E-state index in [1.807, 2.05) is 0 Å². The van der Waals surface area contributed by atoms with Crippen molar-refractivity contribution in [2.45, 2.75) is 84.0 Å². The fraction of sp³-hybridized carbons (Fsp3) is 0.704. The predicted octanol–water partition coefficient (Wildman–Crippen LogP) is -4.11. The second-order valence-electron chi connectivity index (χ2n) is 11.4. The molecule has 0 aliphatic carbocycles. The highest BCUT2D eigenvalue weighted by molar-refractivity contribution is 5.94. The van der Waals surface area contributed by atoms with Gasteiger partial charge in [0.25, 0.3) is 0 Å². The standard InChI is InChI=1S/C27H52N12O7/c1-14(2)11-18(25(45)46)38-20(41)13-35-22(42)16(7-5-9-33-26(29)30)37-19(40)12-36-23(43)17(8-6-10-34-27(31)32)39-24(44)21(28)15(3)4/h14-18,21H,5-13,28H2,1-4H3,(H,35,42)(H,36,43)(H,37,40)(H,38,41)(H,39,44)(H,45,46)(H4,29,30,33)(H4,31,32,34)/t16-,17-,18-,21-/m0/s1. The minimum Gasteiger partial charge on any atom is -0.480 e. The summed E-state index contributed by atoms with van der Waals surface area (Å²) in [6.07, 6.45) is 0.986. The molecule has 0 rings (SSSR count). The van der Waals surface area contributed by atoms with E-state index in [0.717, 1.165) is 0 Å². The number of nitrogens with zero attached hydrogens (tertiary/aromatic N) is 2. The summed E-state index contributed by atoms with van der Waals surface area (Å²) in [5.74, 6) is -5.14. The summed E-state index contributed by atoms with van der Waals surface area (Å²) >= 11 is 0. The number of nitrogens with one attached hydrogen (secondary N) is 5. The van der Waals surface area contributed by atoms with Crippen LogP contribution < -0.4 is 55.3 Å². The Hall–Kier alpha value is -4.68. The monoisotopic (exact) mass is 656 g/mol. The topological polar surface area (TPSA) is 338 Å². The van der Waals surface area contributed by atoms with Crippen molar-refractivity contribution in [3.63, 3.8) is 0 Å². The molecule has 0 aliphatic rings. The number of carboxylic acids is 1. The first kappa shape index (κ1) is 41.3. The zero-order chi connectivity index (χ0) is 35.4. The molecule has 0 fully saturated rings. The fourth-order valence-corrected chi connectivity index (χ4v) is 3.88. The molecule has 16 N–H and O–H groups in total. The molecule has 0 aromatic carbocycles. The molecule has 5 amide bonds. The highest BCUT2D eigenvalue weighted by atomic mass is 16.4. The van der Waals surface area contributed by atoms with E-state index < -0.39 is 72.8 Å². The summed E-state index contributed by atoms with van der Waals surface area (Å²) in [6.45, 7) is 6.35. The molecule has 19 nitrogen and oxygen atoms in total. The number of rotatable bonds is 22. The Morgan fingerprint density at radius 3 is 1.43 bits per heavy atom. The molecule has 0 heterocycles. The van der Waals surface area contributed by atoms with E-state index in [1.165, 1.54) is 0 Å². The van der Waals surface area contributed by atoms with Gasteiger partial charge in [-0.25, -0.2) is 4.79 Å². The lowest BCUT2D eigenvalue weighted by Gasteiger charge is -2.22. The number of carboxylic acid groups (broad SMARTS) is 1. The third kappa shape index (κ3) is 18.9. The van der Waals surface area contributed by atoms with Crippen molar-refractivity contribution in [3.05, 3.63) is 0 Å². The minimum atomic E-state index is -1.21. The van der Waals surface area contributed by atoms with Crippen molar-refractivity contribution >= 4 is 47.4 Å². The molecule has 0 aromatic heterocycles. The van der Waals surface area contributed by atoms with E-state index in [9.17, 15) is 33.9 Å². The van der Waals surface area contributed by atoms with Crippen LogP contribution in [0.4, 0.5) is 0 Å². The molecule has 0 aromatic rings. The van der Waals surface area contributed by atoms with E-state index in [4.69, 9.17) is 28.7 Å². The zero-order valence-electron chi connectivity index (χ0n) is 27.0. The summed E-state index contributed by atoms with van der Waals surface area (Å²) in [7, 11) is 0. The zero-order valence-corrected chi connectivity index (χ0v) is 27.0. The molecule has 0 unspecified atom stereocenters. The van der Waals surface area contributed by atoms with Gasteiger partial charge in [0, 0.05) is 13.1 Å². The van der Waals surface area contributed by atoms with Crippen LogP contribution in [0.3, 0.4) is 0 Å². The SMILES string of the molecule is CC(C)C[C@H](NC(=O)CNC(=O)[C@H](CCCN=C(N)N)NC(=O)CNC(=O)[C@H](CCCN=C(N)N)NC(=O)[C@@H](N)C(C)C)C(=O)O. The van der Waals surface area contributed by atoms with Crippen LogP contribution >= 0.6 is 0 Å². The van der Waals surface area contributed by atoms with Crippen LogP contribution in [-0.2, 0) is 28.8 Å². The first-order valence-electron chi connectivity index (χ1n) is 15.0. The minimum absolute atomic E-state index is 0.00449. The van der Waals surface area contributed by atoms with Gasteiger partial charge in [-0.05, 0) is 43.9 Å². The number of hydrogen-bond donors (Lipinski definition) is 11. The molecule has 19 heteroatoms. The van der Waals surface area contributed by atoms with Gasteiger partial charge in [0.2, 0.25) is 29.5 Å². The van der Waals surface area contributed by atoms with E-state index in [-0.39, 0.29) is 62.5 Å². The number of hydrogen-bond acceptors (Lipinski definition) is 9. The normalized spacial score (nSPS) is 13.4. The number of carbonyl (C=O) groups is 6. The molecular formula is C27H52N12O7. The van der Waals surface area contributed by atoms with Crippen LogP contribution in [0.5, 0.6) is 0 Å². The van der Waals surface area contributed by atoms with Gasteiger partial charge >= 0.3 is 5.97 Å². The van der Waals surface area contributed by atoms with Crippen LogP contribution in [0.15, 0.2) is 9.98 Å². The summed E-state index contributed by atoms with van der Waals surface area (Å²) in [6, 6.07) is -4.22. The lowest BCUT2D eigenvalue weighted by molar-refractivity contribution is -0.142. The molecule has 0 radical (unpaired) electrons. The number of guanidine groups is 2. The van der Waals surface area contributed by atoms with Crippen LogP contribution in [0.25, 0.3) is 0 Å². The molecule has 4 atom stereocenters. The van der Waals surface area contributed by atoms with Gasteiger partial charge in [-0.15, -0.1) is 0 Å². The maximum Gasteiger partial charge on any atom is 0.326 e. The van der Waals surface area contributed by atoms with Crippen LogP contribution in [0.1, 0.15) is 59.8 Å². The molecular weight excluding hydrogens is 604 g/mol. The molecule has 0 aliphatic heterocycles. The molecule has 262 valence electrons. The fourth-order valence-electron chi connectivity index (χ4n) is 3.88. The second-order valence-corrected chi connectivity index (χ2v) is 11.4. The van der Waals surface area contributed by atoms with Gasteiger partial charge in [-0.3, -0.25) is 34.0 Å². The number of aliphatic carboxylic acids is 1. The molecule has 46 heavy (non-hydrogen) atoms. The first-order valence-corrected chi connectivity index (χ1v) is 15.0. The Balaban J connectivity index is 5.41. The first-order chi connectivity index (χ1) is 21.4. The van der Waals surface area contributed by atoms with E-state index in [2.05, 4.69) is 36.6 Å². The third-order valence-electron chi connectivity index (χ3n) is 6.38. The van der Waals surface area contributed by atoms with Gasteiger partial charge < -0.3 is 60.4 Å². The number of carbonyl (C=O) groups excluding carboxylic acids is 5. The van der Waals surface area contributed by atoms with E-state index in [0.29, 0.717) is 6.42 Å². The van der Waals surface area contributed by atoms with Crippen molar-refractivity contribution in [1.29, 1.82) is 0 Å². The molecule has 0 bridgehead atoms. The van der Waals surface area contributed by atoms with Gasteiger partial charge in [0.1, 0.15) is 18.1 Å². The Morgan fingerprint density at radius 1 is 0.652 bits per heavy atom. The second kappa shape index (κ2) is 21.9. The van der Waals surface area contributed by atoms with Crippen LogP contribution in [0, 0.1) is 11.8 Å². The number of amides is 5. The van der Waals surface area contributed by atoms with E-state index >= 15 is 0 Å². The lowest BCUT2D eigenvalue weighted by atomic mass is 10.0. The van der Waals surface area contributed by atoms with Gasteiger partial charge in [-0.1, -0.05) is 27.7 Å². The maximum absolute atomic E-state index is 12.9. The smallest absolute Gasteiger partial charge is 0.326 e. The maximum atomic E-state index is 12.9. The summed E-state index contributed by atoms with van der Waals surface area (Å²) in [4.78, 5) is 82.6. The third-order valence-corrected chi connectivity index (χ3v) is 6.38. The average molecular weight is 657 g/mol. The largest absolute Gasteiger partial charge is 0.480 e.